The van der Waals surface area contributed by atoms with E-state index in [4.69, 9.17) is 4.52 Å². The van der Waals surface area contributed by atoms with Crippen molar-refractivity contribution in [3.05, 3.63) is 23.4 Å². The van der Waals surface area contributed by atoms with Crippen LogP contribution in [0.1, 0.15) is 32.1 Å². The van der Waals surface area contributed by atoms with E-state index in [1.54, 1.807) is 22.7 Å². The molecule has 1 aliphatic rings. The molecule has 1 aliphatic heterocycles. The lowest BCUT2D eigenvalue weighted by atomic mass is 10.2. The second-order valence-electron chi connectivity index (χ2n) is 7.02. The number of nitrogens with zero attached hydrogens (tertiary/aromatic N) is 5. The lowest BCUT2D eigenvalue weighted by Crippen LogP contribution is -2.52. The number of aryl methyl sites for hydroxylation is 1. The lowest BCUT2D eigenvalue weighted by molar-refractivity contribution is 0.179. The van der Waals surface area contributed by atoms with Crippen LogP contribution in [-0.2, 0) is 16.6 Å². The number of rotatable bonds is 10. The summed E-state index contributed by atoms with van der Waals surface area (Å²) >= 11 is 1.59. The van der Waals surface area contributed by atoms with E-state index in [-0.39, 0.29) is 0 Å². The summed E-state index contributed by atoms with van der Waals surface area (Å²) in [5.41, 5.74) is 0. The Morgan fingerprint density at radius 2 is 2.04 bits per heavy atom. The molecule has 0 N–H and O–H groups in total. The van der Waals surface area contributed by atoms with E-state index in [2.05, 4.69) is 22.0 Å². The third kappa shape index (κ3) is 5.38. The number of unbranched alkanes of at least 4 members (excludes halogenated alkanes) is 1. The van der Waals surface area contributed by atoms with Crippen LogP contribution in [0.15, 0.2) is 22.0 Å². The maximum atomic E-state index is 12.6. The van der Waals surface area contributed by atoms with E-state index in [1.165, 1.54) is 4.31 Å². The van der Waals surface area contributed by atoms with Crippen molar-refractivity contribution in [2.45, 2.75) is 32.6 Å². The third-order valence-electron chi connectivity index (χ3n) is 4.95. The average Bonchev–Trinajstić information content (AvgIpc) is 3.38. The van der Waals surface area contributed by atoms with Gasteiger partial charge in [-0.25, -0.2) is 0 Å². The van der Waals surface area contributed by atoms with Gasteiger partial charge in [-0.15, -0.1) is 11.3 Å². The Morgan fingerprint density at radius 3 is 2.71 bits per heavy atom. The predicted octanol–water partition coefficient (Wildman–Crippen LogP) is 2.33. The van der Waals surface area contributed by atoms with Gasteiger partial charge in [-0.1, -0.05) is 24.6 Å². The van der Waals surface area contributed by atoms with E-state index in [9.17, 15) is 8.42 Å². The Kier molecular flexibility index (Phi) is 7.58. The molecule has 8 nitrogen and oxygen atoms in total. The Bertz CT molecular complexity index is 814. The van der Waals surface area contributed by atoms with E-state index in [0.29, 0.717) is 31.3 Å². The molecule has 3 rings (SSSR count). The van der Waals surface area contributed by atoms with E-state index in [1.807, 2.05) is 17.5 Å². The highest BCUT2D eigenvalue weighted by atomic mass is 32.2. The molecule has 0 spiro atoms. The number of aromatic nitrogens is 2. The van der Waals surface area contributed by atoms with Gasteiger partial charge in [-0.3, -0.25) is 0 Å². The van der Waals surface area contributed by atoms with Crippen LogP contribution in [0, 0.1) is 0 Å². The van der Waals surface area contributed by atoms with Gasteiger partial charge in [0.15, 0.2) is 0 Å². The van der Waals surface area contributed by atoms with Gasteiger partial charge < -0.3 is 9.42 Å². The largest absolute Gasteiger partial charge is 0.339 e. The van der Waals surface area contributed by atoms with E-state index < -0.39 is 10.2 Å². The van der Waals surface area contributed by atoms with Gasteiger partial charge in [0, 0.05) is 46.2 Å². The molecule has 10 heteroatoms. The molecule has 0 aliphatic carbocycles. The van der Waals surface area contributed by atoms with Crippen LogP contribution in [0.2, 0.25) is 0 Å². The van der Waals surface area contributed by atoms with Crippen LogP contribution in [-0.4, -0.2) is 78.4 Å². The summed E-state index contributed by atoms with van der Waals surface area (Å²) < 4.78 is 33.6. The summed E-state index contributed by atoms with van der Waals surface area (Å²) in [7, 11) is -1.66. The fourth-order valence-corrected chi connectivity index (χ4v) is 5.22. The van der Waals surface area contributed by atoms with Crippen molar-refractivity contribution < 1.29 is 12.9 Å². The molecule has 0 unspecified atom stereocenters. The van der Waals surface area contributed by atoms with Crippen LogP contribution in [0.4, 0.5) is 0 Å². The standard InChI is InChI=1S/C18H29N5O3S2/c1-3-4-9-21(2)28(24,25)23-13-11-22(12-14-23)10-5-8-17-19-18(20-26-17)16-7-6-15-27-16/h6-7,15H,3-5,8-14H2,1-2H3. The average molecular weight is 428 g/mol. The normalized spacial score (nSPS) is 16.8. The van der Waals surface area contributed by atoms with Crippen molar-refractivity contribution in [3.8, 4) is 10.7 Å². The van der Waals surface area contributed by atoms with Crippen LogP contribution in [0.3, 0.4) is 0 Å². The molecule has 0 bridgehead atoms. The predicted molar refractivity (Wildman–Crippen MR) is 110 cm³/mol. The van der Waals surface area contributed by atoms with Crippen LogP contribution >= 0.6 is 11.3 Å². The summed E-state index contributed by atoms with van der Waals surface area (Å²) in [4.78, 5) is 7.76. The third-order valence-corrected chi connectivity index (χ3v) is 7.81. The molecule has 2 aromatic heterocycles. The highest BCUT2D eigenvalue weighted by Gasteiger charge is 2.29. The fraction of sp³-hybridized carbons (Fsp3) is 0.667. The van der Waals surface area contributed by atoms with Crippen molar-refractivity contribution in [1.82, 2.24) is 23.7 Å². The smallest absolute Gasteiger partial charge is 0.281 e. The molecule has 2 aromatic rings. The van der Waals surface area contributed by atoms with E-state index in [0.717, 1.165) is 50.2 Å². The molecule has 156 valence electrons. The molecular formula is C18H29N5O3S2. The number of hydrogen-bond acceptors (Lipinski definition) is 7. The first kappa shape index (κ1) is 21.4. The van der Waals surface area contributed by atoms with Gasteiger partial charge in [0.2, 0.25) is 11.7 Å². The topological polar surface area (TPSA) is 82.8 Å². The molecular weight excluding hydrogens is 398 g/mol. The first-order chi connectivity index (χ1) is 13.5. The van der Waals surface area contributed by atoms with Crippen molar-refractivity contribution in [1.29, 1.82) is 0 Å². The molecule has 0 radical (unpaired) electrons. The van der Waals surface area contributed by atoms with E-state index >= 15 is 0 Å². The van der Waals surface area contributed by atoms with Crippen LogP contribution < -0.4 is 0 Å². The Hall–Kier alpha value is -1.33. The zero-order valence-corrected chi connectivity index (χ0v) is 18.2. The molecule has 0 amide bonds. The maximum absolute atomic E-state index is 12.6. The van der Waals surface area contributed by atoms with Crippen LogP contribution in [0.25, 0.3) is 10.7 Å². The quantitative estimate of drug-likeness (QED) is 0.579. The maximum Gasteiger partial charge on any atom is 0.281 e. The Labute approximate surface area is 171 Å². The SMILES string of the molecule is CCCCN(C)S(=O)(=O)N1CCN(CCCc2nc(-c3cccs3)no2)CC1. The zero-order valence-electron chi connectivity index (χ0n) is 16.6. The molecule has 0 saturated carbocycles. The summed E-state index contributed by atoms with van der Waals surface area (Å²) in [6, 6.07) is 3.95. The van der Waals surface area contributed by atoms with Crippen molar-refractivity contribution in [3.63, 3.8) is 0 Å². The first-order valence-electron chi connectivity index (χ1n) is 9.81. The zero-order chi connectivity index (χ0) is 20.0. The summed E-state index contributed by atoms with van der Waals surface area (Å²) in [5, 5.41) is 6.02. The molecule has 1 fully saturated rings. The minimum absolute atomic E-state index is 0.544. The highest BCUT2D eigenvalue weighted by Crippen LogP contribution is 2.21. The second kappa shape index (κ2) is 9.93. The van der Waals surface area contributed by atoms with Crippen LogP contribution in [0.5, 0.6) is 0 Å². The second-order valence-corrected chi connectivity index (χ2v) is 10.00. The minimum atomic E-state index is -3.33. The summed E-state index contributed by atoms with van der Waals surface area (Å²) in [6.45, 7) is 6.14. The molecule has 28 heavy (non-hydrogen) atoms. The minimum Gasteiger partial charge on any atom is -0.339 e. The van der Waals surface area contributed by atoms with Gasteiger partial charge in [0.1, 0.15) is 0 Å². The fourth-order valence-electron chi connectivity index (χ4n) is 3.19. The summed E-state index contributed by atoms with van der Waals surface area (Å²) in [5.74, 6) is 1.30. The molecule has 0 atom stereocenters. The summed E-state index contributed by atoms with van der Waals surface area (Å²) in [6.07, 6.45) is 3.52. The van der Waals surface area contributed by atoms with Crippen molar-refractivity contribution in [2.24, 2.45) is 0 Å². The molecule has 1 saturated heterocycles. The monoisotopic (exact) mass is 427 g/mol. The number of hydrogen-bond donors (Lipinski definition) is 0. The van der Waals surface area contributed by atoms with Gasteiger partial charge in [0.05, 0.1) is 4.88 Å². The first-order valence-corrected chi connectivity index (χ1v) is 12.1. The van der Waals surface area contributed by atoms with Gasteiger partial charge in [-0.2, -0.15) is 22.0 Å². The molecule has 3 heterocycles. The number of piperazine rings is 1. The Morgan fingerprint density at radius 1 is 1.25 bits per heavy atom. The van der Waals surface area contributed by atoms with Gasteiger partial charge >= 0.3 is 0 Å². The van der Waals surface area contributed by atoms with Crippen molar-refractivity contribution in [2.75, 3.05) is 46.3 Å². The van der Waals surface area contributed by atoms with Gasteiger partial charge in [0.25, 0.3) is 10.2 Å². The van der Waals surface area contributed by atoms with Crippen molar-refractivity contribution >= 4 is 21.5 Å². The number of thiophene rings is 1. The molecule has 0 aromatic carbocycles. The van der Waals surface area contributed by atoms with Gasteiger partial charge in [-0.05, 0) is 30.8 Å². The Balaban J connectivity index is 1.40. The lowest BCUT2D eigenvalue weighted by Gasteiger charge is -2.35. The highest BCUT2D eigenvalue weighted by molar-refractivity contribution is 7.86.